The van der Waals surface area contributed by atoms with E-state index in [0.717, 1.165) is 56.1 Å². The average molecular weight is 417 g/mol. The lowest BCUT2D eigenvalue weighted by molar-refractivity contribution is -0.122. The molecule has 2 heterocycles. The van der Waals surface area contributed by atoms with Gasteiger partial charge in [0.1, 0.15) is 5.82 Å². The highest BCUT2D eigenvalue weighted by Crippen LogP contribution is 2.25. The molecule has 1 aromatic heterocycles. The zero-order valence-corrected chi connectivity index (χ0v) is 19.4. The first-order chi connectivity index (χ1) is 14.2. The summed E-state index contributed by atoms with van der Waals surface area (Å²) >= 11 is 0. The van der Waals surface area contributed by atoms with E-state index in [0.29, 0.717) is 24.5 Å². The number of primary amides is 1. The van der Waals surface area contributed by atoms with E-state index in [1.54, 1.807) is 6.20 Å². The van der Waals surface area contributed by atoms with Crippen molar-refractivity contribution in [2.24, 2.45) is 22.1 Å². The summed E-state index contributed by atoms with van der Waals surface area (Å²) in [4.78, 5) is 23.2. The Labute approximate surface area is 181 Å². The van der Waals surface area contributed by atoms with Gasteiger partial charge in [0.2, 0.25) is 5.91 Å². The van der Waals surface area contributed by atoms with Crippen LogP contribution in [-0.2, 0) is 11.3 Å². The molecule has 1 aromatic rings. The van der Waals surface area contributed by atoms with Crippen LogP contribution in [-0.4, -0.2) is 42.5 Å². The number of rotatable bonds is 8. The van der Waals surface area contributed by atoms with Crippen LogP contribution in [0, 0.1) is 11.3 Å². The lowest BCUT2D eigenvalue weighted by Gasteiger charge is -2.33. The Kier molecular flexibility index (Phi) is 8.93. The topological polar surface area (TPSA) is 95.6 Å². The number of pyridine rings is 1. The minimum absolute atomic E-state index is 0.111. The molecule has 2 unspecified atom stereocenters. The molecule has 4 N–H and O–H groups in total. The van der Waals surface area contributed by atoms with Crippen LogP contribution in [0.5, 0.6) is 0 Å². The second kappa shape index (κ2) is 11.2. The number of nitrogens with zero attached hydrogens (tertiary/aromatic N) is 3. The molecule has 1 saturated heterocycles. The fourth-order valence-electron chi connectivity index (χ4n) is 3.68. The van der Waals surface area contributed by atoms with Crippen LogP contribution in [0.25, 0.3) is 0 Å². The Morgan fingerprint density at radius 1 is 1.43 bits per heavy atom. The van der Waals surface area contributed by atoms with Gasteiger partial charge in [-0.25, -0.2) is 9.98 Å². The van der Waals surface area contributed by atoms with E-state index < -0.39 is 0 Å². The second-order valence-electron chi connectivity index (χ2n) is 9.51. The third kappa shape index (κ3) is 7.84. The minimum atomic E-state index is -0.224. The maximum atomic E-state index is 11.7. The van der Waals surface area contributed by atoms with Crippen molar-refractivity contribution in [2.45, 2.75) is 72.9 Å². The number of amides is 1. The zero-order chi connectivity index (χ0) is 22.1. The van der Waals surface area contributed by atoms with Crippen molar-refractivity contribution in [2.75, 3.05) is 24.5 Å². The molecule has 2 rings (SSSR count). The molecule has 1 fully saturated rings. The second-order valence-corrected chi connectivity index (χ2v) is 9.51. The standard InChI is InChI=1S/C23H40N6O/c1-6-25-22(28-17(2)11-12-23(3,4)5)27-15-18-9-7-13-26-21(18)29-14-8-10-19(16-29)20(24)30/h7,9,13,17,19H,6,8,10-12,14-16H2,1-5H3,(H2,24,30)(H2,25,27,28). The quantitative estimate of drug-likeness (QED) is 0.447. The lowest BCUT2D eigenvalue weighted by Crippen LogP contribution is -2.43. The molecule has 0 saturated carbocycles. The van der Waals surface area contributed by atoms with Gasteiger partial charge in [0, 0.05) is 37.4 Å². The van der Waals surface area contributed by atoms with Crippen LogP contribution < -0.4 is 21.3 Å². The Balaban J connectivity index is 2.07. The van der Waals surface area contributed by atoms with Crippen molar-refractivity contribution >= 4 is 17.7 Å². The normalized spacial score (nSPS) is 18.8. The van der Waals surface area contributed by atoms with Gasteiger partial charge in [0.05, 0.1) is 12.5 Å². The minimum Gasteiger partial charge on any atom is -0.369 e. The molecule has 1 aliphatic heterocycles. The summed E-state index contributed by atoms with van der Waals surface area (Å²) in [5.41, 5.74) is 6.93. The maximum absolute atomic E-state index is 11.7. The molecule has 0 aliphatic carbocycles. The van der Waals surface area contributed by atoms with Gasteiger partial charge in [-0.1, -0.05) is 26.8 Å². The van der Waals surface area contributed by atoms with E-state index in [2.05, 4.69) is 61.2 Å². The summed E-state index contributed by atoms with van der Waals surface area (Å²) in [7, 11) is 0. The number of carbonyl (C=O) groups is 1. The first kappa shape index (κ1) is 24.0. The van der Waals surface area contributed by atoms with Gasteiger partial charge in [-0.2, -0.15) is 0 Å². The van der Waals surface area contributed by atoms with Crippen molar-refractivity contribution in [3.8, 4) is 0 Å². The van der Waals surface area contributed by atoms with Crippen molar-refractivity contribution < 1.29 is 4.79 Å². The molecule has 0 bridgehead atoms. The van der Waals surface area contributed by atoms with Crippen molar-refractivity contribution in [3.63, 3.8) is 0 Å². The number of anilines is 1. The summed E-state index contributed by atoms with van der Waals surface area (Å²) in [6.45, 7) is 13.9. The number of nitrogens with two attached hydrogens (primary N) is 1. The van der Waals surface area contributed by atoms with Crippen LogP contribution in [0.1, 0.15) is 65.9 Å². The molecular formula is C23H40N6O. The molecular weight excluding hydrogens is 376 g/mol. The predicted molar refractivity (Wildman–Crippen MR) is 124 cm³/mol. The molecule has 7 nitrogen and oxygen atoms in total. The van der Waals surface area contributed by atoms with E-state index in [1.807, 2.05) is 6.07 Å². The first-order valence-electron chi connectivity index (χ1n) is 11.2. The fourth-order valence-corrected chi connectivity index (χ4v) is 3.68. The number of aromatic nitrogens is 1. The van der Waals surface area contributed by atoms with E-state index >= 15 is 0 Å². The number of guanidine groups is 1. The van der Waals surface area contributed by atoms with Crippen molar-refractivity contribution in [3.05, 3.63) is 23.9 Å². The van der Waals surface area contributed by atoms with Crippen LogP contribution in [0.3, 0.4) is 0 Å². The van der Waals surface area contributed by atoms with E-state index in [-0.39, 0.29) is 11.8 Å². The van der Waals surface area contributed by atoms with E-state index in [1.165, 1.54) is 0 Å². The van der Waals surface area contributed by atoms with Crippen LogP contribution >= 0.6 is 0 Å². The Morgan fingerprint density at radius 2 is 2.20 bits per heavy atom. The van der Waals surface area contributed by atoms with Crippen LogP contribution in [0.15, 0.2) is 23.3 Å². The number of hydrogen-bond donors (Lipinski definition) is 3. The fraction of sp³-hybridized carbons (Fsp3) is 0.696. The van der Waals surface area contributed by atoms with Crippen molar-refractivity contribution in [1.82, 2.24) is 15.6 Å². The summed E-state index contributed by atoms with van der Waals surface area (Å²) in [6.07, 6.45) is 5.85. The SMILES string of the molecule is CCNC(=NCc1cccnc1N1CCCC(C(N)=O)C1)NC(C)CCC(C)(C)C. The molecule has 0 radical (unpaired) electrons. The first-order valence-corrected chi connectivity index (χ1v) is 11.2. The monoisotopic (exact) mass is 416 g/mol. The maximum Gasteiger partial charge on any atom is 0.222 e. The van der Waals surface area contributed by atoms with Gasteiger partial charge in [0.25, 0.3) is 0 Å². The summed E-state index contributed by atoms with van der Waals surface area (Å²) in [5, 5.41) is 6.87. The average Bonchev–Trinajstić information content (AvgIpc) is 2.70. The molecule has 2 atom stereocenters. The number of carbonyl (C=O) groups excluding carboxylic acids is 1. The zero-order valence-electron chi connectivity index (χ0n) is 19.4. The highest BCUT2D eigenvalue weighted by Gasteiger charge is 2.26. The molecule has 1 amide bonds. The smallest absolute Gasteiger partial charge is 0.222 e. The summed E-state index contributed by atoms with van der Waals surface area (Å²) in [6, 6.07) is 4.34. The number of piperidine rings is 1. The third-order valence-corrected chi connectivity index (χ3v) is 5.45. The third-order valence-electron chi connectivity index (χ3n) is 5.45. The molecule has 30 heavy (non-hydrogen) atoms. The van der Waals surface area contributed by atoms with Gasteiger partial charge in [-0.05, 0) is 51.0 Å². The molecule has 0 spiro atoms. The van der Waals surface area contributed by atoms with Gasteiger partial charge in [-0.3, -0.25) is 4.79 Å². The number of aliphatic imine (C=N–C) groups is 1. The van der Waals surface area contributed by atoms with Crippen LogP contribution in [0.4, 0.5) is 5.82 Å². The molecule has 7 heteroatoms. The number of hydrogen-bond acceptors (Lipinski definition) is 4. The summed E-state index contributed by atoms with van der Waals surface area (Å²) in [5.74, 6) is 1.39. The highest BCUT2D eigenvalue weighted by atomic mass is 16.1. The molecule has 0 aromatic carbocycles. The van der Waals surface area contributed by atoms with Gasteiger partial charge >= 0.3 is 0 Å². The highest BCUT2D eigenvalue weighted by molar-refractivity contribution is 5.80. The Hall–Kier alpha value is -2.31. The lowest BCUT2D eigenvalue weighted by atomic mass is 9.89. The van der Waals surface area contributed by atoms with E-state index in [9.17, 15) is 4.79 Å². The van der Waals surface area contributed by atoms with E-state index in [4.69, 9.17) is 10.7 Å². The Bertz CT molecular complexity index is 712. The van der Waals surface area contributed by atoms with Crippen LogP contribution in [0.2, 0.25) is 0 Å². The molecule has 168 valence electrons. The Morgan fingerprint density at radius 3 is 2.87 bits per heavy atom. The van der Waals surface area contributed by atoms with Gasteiger partial charge < -0.3 is 21.3 Å². The largest absolute Gasteiger partial charge is 0.369 e. The van der Waals surface area contributed by atoms with Crippen molar-refractivity contribution in [1.29, 1.82) is 0 Å². The summed E-state index contributed by atoms with van der Waals surface area (Å²) < 4.78 is 0. The van der Waals surface area contributed by atoms with Gasteiger partial charge in [0.15, 0.2) is 5.96 Å². The molecule has 1 aliphatic rings. The number of nitrogens with one attached hydrogen (secondary N) is 2. The predicted octanol–water partition coefficient (Wildman–Crippen LogP) is 3.05. The van der Waals surface area contributed by atoms with Gasteiger partial charge in [-0.15, -0.1) is 0 Å².